The molecule has 1 rings (SSSR count). The van der Waals surface area contributed by atoms with Crippen LogP contribution in [0.4, 0.5) is 0 Å². The Hall–Kier alpha value is -0.130. The van der Waals surface area contributed by atoms with Crippen LogP contribution in [0, 0.1) is 0 Å². The summed E-state index contributed by atoms with van der Waals surface area (Å²) in [6.07, 6.45) is 2.67. The van der Waals surface area contributed by atoms with Gasteiger partial charge in [0.05, 0.1) is 10.9 Å². The van der Waals surface area contributed by atoms with Crippen LogP contribution in [0.25, 0.3) is 0 Å². The average Bonchev–Trinajstić information content (AvgIpc) is 2.16. The first-order chi connectivity index (χ1) is 7.16. The molecule has 0 spiro atoms. The summed E-state index contributed by atoms with van der Waals surface area (Å²) in [4.78, 5) is 0. The van der Waals surface area contributed by atoms with E-state index in [0.29, 0.717) is 12.8 Å². The molecule has 5 heteroatoms. The third kappa shape index (κ3) is 2.76. The van der Waals surface area contributed by atoms with E-state index < -0.39 is 14.8 Å². The van der Waals surface area contributed by atoms with Crippen LogP contribution in [-0.4, -0.2) is 41.8 Å². The van der Waals surface area contributed by atoms with Gasteiger partial charge in [0.25, 0.3) is 0 Å². The van der Waals surface area contributed by atoms with Crippen LogP contribution in [0.3, 0.4) is 0 Å². The topological polar surface area (TPSA) is 57.6 Å². The zero-order chi connectivity index (χ0) is 12.6. The van der Waals surface area contributed by atoms with Gasteiger partial charge in [0.15, 0.2) is 0 Å². The maximum atomic E-state index is 12.2. The summed E-state index contributed by atoms with van der Waals surface area (Å²) in [6, 6.07) is 0.0487. The molecule has 1 fully saturated rings. The Morgan fingerprint density at radius 3 is 1.94 bits per heavy atom. The van der Waals surface area contributed by atoms with Gasteiger partial charge in [-0.2, -0.15) is 0 Å². The molecule has 0 aromatic rings. The van der Waals surface area contributed by atoms with Crippen LogP contribution in [0.1, 0.15) is 46.5 Å². The molecule has 1 saturated carbocycles. The highest BCUT2D eigenvalue weighted by molar-refractivity contribution is 7.90. The Balaban J connectivity index is 2.75. The Labute approximate surface area is 98.7 Å². The lowest BCUT2D eigenvalue weighted by Crippen LogP contribution is -2.47. The van der Waals surface area contributed by atoms with Gasteiger partial charge in [-0.05, 0) is 46.5 Å². The minimum absolute atomic E-state index is 0.0487. The summed E-state index contributed by atoms with van der Waals surface area (Å²) in [5.74, 6) is 0. The predicted molar refractivity (Wildman–Crippen MR) is 64.7 cm³/mol. The van der Waals surface area contributed by atoms with E-state index in [2.05, 4.69) is 0 Å². The molecule has 0 aromatic heterocycles. The molecule has 0 radical (unpaired) electrons. The standard InChI is InChI=1S/C11H23NO3S/c1-11(2,3)16(14,15)12(4)9-5-7-10(13)8-6-9/h9-10,13H,5-8H2,1-4H3. The first-order valence-corrected chi connectivity index (χ1v) is 7.26. The SMILES string of the molecule is CN(C1CCC(O)CC1)S(=O)(=O)C(C)(C)C. The summed E-state index contributed by atoms with van der Waals surface area (Å²) in [5.41, 5.74) is 0. The van der Waals surface area contributed by atoms with Crippen molar-refractivity contribution in [1.29, 1.82) is 0 Å². The maximum Gasteiger partial charge on any atom is 0.219 e. The number of sulfonamides is 1. The lowest BCUT2D eigenvalue weighted by Gasteiger charge is -2.36. The van der Waals surface area contributed by atoms with Gasteiger partial charge >= 0.3 is 0 Å². The van der Waals surface area contributed by atoms with E-state index in [1.165, 1.54) is 4.31 Å². The van der Waals surface area contributed by atoms with Crippen LogP contribution in [-0.2, 0) is 10.0 Å². The fourth-order valence-corrected chi connectivity index (χ4v) is 3.52. The Kier molecular flexibility index (Phi) is 4.03. The van der Waals surface area contributed by atoms with Gasteiger partial charge < -0.3 is 5.11 Å². The highest BCUT2D eigenvalue weighted by Crippen LogP contribution is 2.28. The van der Waals surface area contributed by atoms with Crippen molar-refractivity contribution in [2.75, 3.05) is 7.05 Å². The first-order valence-electron chi connectivity index (χ1n) is 5.82. The number of aliphatic hydroxyl groups is 1. The minimum Gasteiger partial charge on any atom is -0.393 e. The smallest absolute Gasteiger partial charge is 0.219 e. The highest BCUT2D eigenvalue weighted by atomic mass is 32.2. The molecule has 0 aliphatic heterocycles. The molecule has 0 heterocycles. The van der Waals surface area contributed by atoms with Crippen molar-refractivity contribution in [3.8, 4) is 0 Å². The van der Waals surface area contributed by atoms with Crippen molar-refractivity contribution in [2.45, 2.75) is 63.3 Å². The van der Waals surface area contributed by atoms with E-state index >= 15 is 0 Å². The molecule has 1 aliphatic rings. The molecule has 0 bridgehead atoms. The molecular weight excluding hydrogens is 226 g/mol. The Morgan fingerprint density at radius 2 is 1.56 bits per heavy atom. The summed E-state index contributed by atoms with van der Waals surface area (Å²) in [5, 5.41) is 9.40. The van der Waals surface area contributed by atoms with Gasteiger partial charge in [-0.3, -0.25) is 0 Å². The van der Waals surface area contributed by atoms with E-state index in [1.54, 1.807) is 27.8 Å². The van der Waals surface area contributed by atoms with E-state index in [-0.39, 0.29) is 12.1 Å². The number of aliphatic hydroxyl groups excluding tert-OH is 1. The Bertz CT molecular complexity index is 324. The monoisotopic (exact) mass is 249 g/mol. The first kappa shape index (κ1) is 13.9. The van der Waals surface area contributed by atoms with Crippen LogP contribution in [0.5, 0.6) is 0 Å². The second-order valence-electron chi connectivity index (χ2n) is 5.60. The summed E-state index contributed by atoms with van der Waals surface area (Å²) in [6.45, 7) is 5.16. The number of hydrogen-bond donors (Lipinski definition) is 1. The molecule has 4 nitrogen and oxygen atoms in total. The molecule has 0 unspecified atom stereocenters. The maximum absolute atomic E-state index is 12.2. The van der Waals surface area contributed by atoms with Gasteiger partial charge in [-0.25, -0.2) is 12.7 Å². The third-order valence-electron chi connectivity index (χ3n) is 3.33. The van der Waals surface area contributed by atoms with Crippen molar-refractivity contribution >= 4 is 10.0 Å². The van der Waals surface area contributed by atoms with Gasteiger partial charge in [0.2, 0.25) is 10.0 Å². The van der Waals surface area contributed by atoms with Crippen LogP contribution < -0.4 is 0 Å². The van der Waals surface area contributed by atoms with Crippen molar-refractivity contribution in [2.24, 2.45) is 0 Å². The van der Waals surface area contributed by atoms with Gasteiger partial charge in [0, 0.05) is 13.1 Å². The van der Waals surface area contributed by atoms with Crippen molar-refractivity contribution in [1.82, 2.24) is 4.31 Å². The van der Waals surface area contributed by atoms with Crippen LogP contribution in [0.2, 0.25) is 0 Å². The van der Waals surface area contributed by atoms with E-state index in [1.807, 2.05) is 0 Å². The zero-order valence-electron chi connectivity index (χ0n) is 10.6. The van der Waals surface area contributed by atoms with E-state index in [0.717, 1.165) is 12.8 Å². The number of nitrogens with zero attached hydrogens (tertiary/aromatic N) is 1. The van der Waals surface area contributed by atoms with Crippen LogP contribution >= 0.6 is 0 Å². The van der Waals surface area contributed by atoms with Crippen molar-refractivity contribution in [3.63, 3.8) is 0 Å². The second kappa shape index (κ2) is 4.63. The summed E-state index contributed by atoms with van der Waals surface area (Å²) in [7, 11) is -1.59. The lowest BCUT2D eigenvalue weighted by atomic mass is 9.93. The predicted octanol–water partition coefficient (Wildman–Crippen LogP) is 1.35. The number of hydrogen-bond acceptors (Lipinski definition) is 3. The minimum atomic E-state index is -3.24. The van der Waals surface area contributed by atoms with Crippen LogP contribution in [0.15, 0.2) is 0 Å². The quantitative estimate of drug-likeness (QED) is 0.803. The van der Waals surface area contributed by atoms with Gasteiger partial charge in [-0.15, -0.1) is 0 Å². The molecule has 0 atom stereocenters. The third-order valence-corrected chi connectivity index (χ3v) is 5.94. The van der Waals surface area contributed by atoms with Crippen molar-refractivity contribution < 1.29 is 13.5 Å². The molecule has 1 aliphatic carbocycles. The fourth-order valence-electron chi connectivity index (χ4n) is 2.05. The molecule has 96 valence electrons. The van der Waals surface area contributed by atoms with E-state index in [4.69, 9.17) is 0 Å². The fraction of sp³-hybridized carbons (Fsp3) is 1.00. The molecule has 0 saturated heterocycles. The average molecular weight is 249 g/mol. The Morgan fingerprint density at radius 1 is 1.12 bits per heavy atom. The van der Waals surface area contributed by atoms with E-state index in [9.17, 15) is 13.5 Å². The van der Waals surface area contributed by atoms with Gasteiger partial charge in [0.1, 0.15) is 0 Å². The normalized spacial score (nSPS) is 28.4. The summed E-state index contributed by atoms with van der Waals surface area (Å²) >= 11 is 0. The molecule has 16 heavy (non-hydrogen) atoms. The largest absolute Gasteiger partial charge is 0.393 e. The van der Waals surface area contributed by atoms with Gasteiger partial charge in [-0.1, -0.05) is 0 Å². The van der Waals surface area contributed by atoms with Crippen molar-refractivity contribution in [3.05, 3.63) is 0 Å². The summed E-state index contributed by atoms with van der Waals surface area (Å²) < 4.78 is 25.1. The number of rotatable bonds is 2. The second-order valence-corrected chi connectivity index (χ2v) is 8.35. The molecule has 0 aromatic carbocycles. The molecular formula is C11H23NO3S. The molecule has 1 N–H and O–H groups in total. The highest BCUT2D eigenvalue weighted by Gasteiger charge is 2.37. The lowest BCUT2D eigenvalue weighted by molar-refractivity contribution is 0.104. The molecule has 0 amide bonds. The zero-order valence-corrected chi connectivity index (χ0v) is 11.4.